The van der Waals surface area contributed by atoms with Gasteiger partial charge in [0.1, 0.15) is 0 Å². The molecule has 0 aliphatic carbocycles. The van der Waals surface area contributed by atoms with Crippen LogP contribution < -0.4 is 5.32 Å². The van der Waals surface area contributed by atoms with Crippen molar-refractivity contribution in [2.24, 2.45) is 0 Å². The van der Waals surface area contributed by atoms with Crippen LogP contribution in [0.15, 0.2) is 28.8 Å². The van der Waals surface area contributed by atoms with Crippen LogP contribution in [0.2, 0.25) is 0 Å². The Kier molecular flexibility index (Phi) is 4.87. The number of nitrogens with zero attached hydrogens (tertiary/aromatic N) is 2. The number of nitrogens with one attached hydrogen (secondary N) is 1. The Labute approximate surface area is 118 Å². The summed E-state index contributed by atoms with van der Waals surface area (Å²) in [5.74, 6) is 1.08. The second-order valence-electron chi connectivity index (χ2n) is 4.68. The molecule has 1 aromatic heterocycles. The fourth-order valence-corrected chi connectivity index (χ4v) is 1.84. The number of benzene rings is 1. The van der Waals surface area contributed by atoms with Gasteiger partial charge in [-0.15, -0.1) is 0 Å². The SMILES string of the molecule is CCc1ccc(CNC(=O)CCc2nc(C)no2)cc1. The number of rotatable bonds is 6. The summed E-state index contributed by atoms with van der Waals surface area (Å²) in [6.07, 6.45) is 1.85. The van der Waals surface area contributed by atoms with E-state index in [2.05, 4.69) is 34.5 Å². The van der Waals surface area contributed by atoms with Crippen LogP contribution in [0.25, 0.3) is 0 Å². The monoisotopic (exact) mass is 273 g/mol. The number of carbonyl (C=O) groups is 1. The van der Waals surface area contributed by atoms with Gasteiger partial charge in [-0.2, -0.15) is 4.98 Å². The lowest BCUT2D eigenvalue weighted by Gasteiger charge is -2.05. The molecule has 0 aliphatic rings. The molecule has 0 aliphatic heterocycles. The van der Waals surface area contributed by atoms with E-state index in [1.54, 1.807) is 6.92 Å². The molecular weight excluding hydrogens is 254 g/mol. The van der Waals surface area contributed by atoms with Gasteiger partial charge >= 0.3 is 0 Å². The Balaban J connectivity index is 1.74. The minimum absolute atomic E-state index is 0.0135. The third kappa shape index (κ3) is 4.19. The van der Waals surface area contributed by atoms with E-state index < -0.39 is 0 Å². The van der Waals surface area contributed by atoms with Crippen molar-refractivity contribution in [3.8, 4) is 0 Å². The van der Waals surface area contributed by atoms with Crippen LogP contribution in [-0.4, -0.2) is 16.0 Å². The maximum absolute atomic E-state index is 11.7. The van der Waals surface area contributed by atoms with E-state index in [9.17, 15) is 4.79 Å². The Morgan fingerprint density at radius 3 is 2.55 bits per heavy atom. The lowest BCUT2D eigenvalue weighted by molar-refractivity contribution is -0.121. The molecule has 2 aromatic rings. The summed E-state index contributed by atoms with van der Waals surface area (Å²) >= 11 is 0. The third-order valence-corrected chi connectivity index (χ3v) is 3.06. The molecule has 0 fully saturated rings. The molecule has 0 saturated carbocycles. The van der Waals surface area contributed by atoms with Gasteiger partial charge < -0.3 is 9.84 Å². The molecule has 0 saturated heterocycles. The normalized spacial score (nSPS) is 10.5. The standard InChI is InChI=1S/C15H19N3O2/c1-3-12-4-6-13(7-5-12)10-16-14(19)8-9-15-17-11(2)18-20-15/h4-7H,3,8-10H2,1-2H3,(H,16,19). The quantitative estimate of drug-likeness (QED) is 0.876. The zero-order valence-electron chi connectivity index (χ0n) is 11.8. The molecule has 1 aromatic carbocycles. The molecule has 0 unspecified atom stereocenters. The molecule has 0 spiro atoms. The molecule has 1 amide bonds. The molecule has 5 heteroatoms. The van der Waals surface area contributed by atoms with Crippen LogP contribution in [0.3, 0.4) is 0 Å². The largest absolute Gasteiger partial charge is 0.352 e. The van der Waals surface area contributed by atoms with E-state index >= 15 is 0 Å². The van der Waals surface area contributed by atoms with E-state index in [1.165, 1.54) is 5.56 Å². The van der Waals surface area contributed by atoms with Crippen molar-refractivity contribution in [3.63, 3.8) is 0 Å². The van der Waals surface area contributed by atoms with E-state index in [0.717, 1.165) is 12.0 Å². The number of hydrogen-bond donors (Lipinski definition) is 1. The minimum atomic E-state index is -0.0135. The first-order chi connectivity index (χ1) is 9.67. The maximum Gasteiger partial charge on any atom is 0.227 e. The Morgan fingerprint density at radius 1 is 1.25 bits per heavy atom. The number of aromatic nitrogens is 2. The van der Waals surface area contributed by atoms with Gasteiger partial charge in [-0.1, -0.05) is 36.3 Å². The van der Waals surface area contributed by atoms with Gasteiger partial charge in [0.05, 0.1) is 0 Å². The van der Waals surface area contributed by atoms with Gasteiger partial charge in [0.2, 0.25) is 11.8 Å². The number of amides is 1. The first-order valence-electron chi connectivity index (χ1n) is 6.81. The fraction of sp³-hybridized carbons (Fsp3) is 0.400. The summed E-state index contributed by atoms with van der Waals surface area (Å²) in [4.78, 5) is 15.8. The molecule has 0 bridgehead atoms. The first kappa shape index (κ1) is 14.2. The second kappa shape index (κ2) is 6.84. The first-order valence-corrected chi connectivity index (χ1v) is 6.81. The number of aryl methyl sites for hydroxylation is 3. The molecule has 5 nitrogen and oxygen atoms in total. The van der Waals surface area contributed by atoms with E-state index in [4.69, 9.17) is 4.52 Å². The maximum atomic E-state index is 11.7. The van der Waals surface area contributed by atoms with Crippen molar-refractivity contribution < 1.29 is 9.32 Å². The van der Waals surface area contributed by atoms with Crippen molar-refractivity contribution in [2.75, 3.05) is 0 Å². The van der Waals surface area contributed by atoms with Gasteiger partial charge in [-0.05, 0) is 24.5 Å². The van der Waals surface area contributed by atoms with Gasteiger partial charge in [-0.3, -0.25) is 4.79 Å². The zero-order chi connectivity index (χ0) is 14.4. The van der Waals surface area contributed by atoms with Gasteiger partial charge in [-0.25, -0.2) is 0 Å². The van der Waals surface area contributed by atoms with Crippen LogP contribution in [0, 0.1) is 6.92 Å². The zero-order valence-corrected chi connectivity index (χ0v) is 11.8. The topological polar surface area (TPSA) is 68.0 Å². The van der Waals surface area contributed by atoms with Gasteiger partial charge in [0, 0.05) is 19.4 Å². The predicted molar refractivity (Wildman–Crippen MR) is 75.0 cm³/mol. The van der Waals surface area contributed by atoms with Crippen LogP contribution in [0.1, 0.15) is 36.2 Å². The molecule has 0 radical (unpaired) electrons. The summed E-state index contributed by atoms with van der Waals surface area (Å²) in [6.45, 7) is 4.43. The van der Waals surface area contributed by atoms with Crippen molar-refractivity contribution >= 4 is 5.91 Å². The molecule has 2 rings (SSSR count). The van der Waals surface area contributed by atoms with Crippen LogP contribution in [0.4, 0.5) is 0 Å². The molecule has 1 heterocycles. The predicted octanol–water partition coefficient (Wildman–Crippen LogP) is 2.19. The summed E-state index contributed by atoms with van der Waals surface area (Å²) < 4.78 is 4.96. The van der Waals surface area contributed by atoms with Crippen molar-refractivity contribution in [1.82, 2.24) is 15.5 Å². The summed E-state index contributed by atoms with van der Waals surface area (Å²) in [5.41, 5.74) is 2.40. The smallest absolute Gasteiger partial charge is 0.227 e. The molecule has 106 valence electrons. The fourth-order valence-electron chi connectivity index (χ4n) is 1.84. The van der Waals surface area contributed by atoms with Gasteiger partial charge in [0.15, 0.2) is 5.82 Å². The van der Waals surface area contributed by atoms with Crippen LogP contribution in [0.5, 0.6) is 0 Å². The van der Waals surface area contributed by atoms with E-state index in [-0.39, 0.29) is 5.91 Å². The van der Waals surface area contributed by atoms with E-state index in [1.807, 2.05) is 12.1 Å². The average Bonchev–Trinajstić information content (AvgIpc) is 2.89. The Hall–Kier alpha value is -2.17. The van der Waals surface area contributed by atoms with Crippen LogP contribution in [-0.2, 0) is 24.2 Å². The molecule has 20 heavy (non-hydrogen) atoms. The summed E-state index contributed by atoms with van der Waals surface area (Å²) in [6, 6.07) is 8.26. The highest BCUT2D eigenvalue weighted by molar-refractivity contribution is 5.76. The Bertz CT molecular complexity index is 561. The van der Waals surface area contributed by atoms with Crippen molar-refractivity contribution in [3.05, 3.63) is 47.1 Å². The number of carbonyl (C=O) groups excluding carboxylic acids is 1. The highest BCUT2D eigenvalue weighted by Gasteiger charge is 2.07. The molecule has 0 atom stereocenters. The lowest BCUT2D eigenvalue weighted by Crippen LogP contribution is -2.23. The van der Waals surface area contributed by atoms with Crippen LogP contribution >= 0.6 is 0 Å². The van der Waals surface area contributed by atoms with Crippen molar-refractivity contribution in [2.45, 2.75) is 39.7 Å². The average molecular weight is 273 g/mol. The number of hydrogen-bond acceptors (Lipinski definition) is 4. The molecule has 1 N–H and O–H groups in total. The van der Waals surface area contributed by atoms with E-state index in [0.29, 0.717) is 31.1 Å². The van der Waals surface area contributed by atoms with Crippen molar-refractivity contribution in [1.29, 1.82) is 0 Å². The highest BCUT2D eigenvalue weighted by atomic mass is 16.5. The van der Waals surface area contributed by atoms with Gasteiger partial charge in [0.25, 0.3) is 0 Å². The summed E-state index contributed by atoms with van der Waals surface area (Å²) in [7, 11) is 0. The minimum Gasteiger partial charge on any atom is -0.352 e. The molecular formula is C15H19N3O2. The summed E-state index contributed by atoms with van der Waals surface area (Å²) in [5, 5.41) is 6.57. The lowest BCUT2D eigenvalue weighted by atomic mass is 10.1. The highest BCUT2D eigenvalue weighted by Crippen LogP contribution is 2.05. The Morgan fingerprint density at radius 2 is 1.95 bits per heavy atom. The second-order valence-corrected chi connectivity index (χ2v) is 4.68. The third-order valence-electron chi connectivity index (χ3n) is 3.06.